The topological polar surface area (TPSA) is 46.5 Å². The first-order valence-electron chi connectivity index (χ1n) is 11.2. The molecular formula is C26H31N3O2. The van der Waals surface area contributed by atoms with Gasteiger partial charge in [0.05, 0.1) is 18.3 Å². The number of nitrogens with one attached hydrogen (secondary N) is 1. The van der Waals surface area contributed by atoms with Crippen molar-refractivity contribution in [2.75, 3.05) is 19.8 Å². The second-order valence-electron chi connectivity index (χ2n) is 7.84. The number of hydrogen-bond donors (Lipinski definition) is 1. The molecule has 31 heavy (non-hydrogen) atoms. The van der Waals surface area contributed by atoms with Crippen molar-refractivity contribution in [1.82, 2.24) is 14.8 Å². The maximum absolute atomic E-state index is 13.4. The van der Waals surface area contributed by atoms with Crippen molar-refractivity contribution < 1.29 is 9.53 Å². The molecule has 5 heteroatoms. The molecule has 5 nitrogen and oxygen atoms in total. The van der Waals surface area contributed by atoms with Gasteiger partial charge >= 0.3 is 6.03 Å². The molecule has 162 valence electrons. The van der Waals surface area contributed by atoms with E-state index >= 15 is 0 Å². The Morgan fingerprint density at radius 2 is 1.87 bits per heavy atom. The third kappa shape index (κ3) is 4.52. The van der Waals surface area contributed by atoms with Gasteiger partial charge in [-0.25, -0.2) is 4.79 Å². The zero-order valence-electron chi connectivity index (χ0n) is 18.4. The molecule has 0 saturated heterocycles. The number of urea groups is 1. The Bertz CT molecular complexity index is 1010. The third-order valence-corrected chi connectivity index (χ3v) is 5.87. The number of fused-ring (bicyclic) bond motifs is 3. The van der Waals surface area contributed by atoms with Gasteiger partial charge in [-0.2, -0.15) is 0 Å². The van der Waals surface area contributed by atoms with E-state index in [9.17, 15) is 4.79 Å². The zero-order chi connectivity index (χ0) is 21.6. The van der Waals surface area contributed by atoms with Gasteiger partial charge in [0.15, 0.2) is 0 Å². The van der Waals surface area contributed by atoms with Crippen molar-refractivity contribution in [3.8, 4) is 5.69 Å². The van der Waals surface area contributed by atoms with Crippen molar-refractivity contribution in [3.63, 3.8) is 0 Å². The summed E-state index contributed by atoms with van der Waals surface area (Å²) >= 11 is 0. The number of aryl methyl sites for hydroxylation is 1. The Hall–Kier alpha value is -3.05. The number of rotatable bonds is 7. The molecule has 2 aromatic carbocycles. The van der Waals surface area contributed by atoms with E-state index in [1.54, 1.807) is 0 Å². The van der Waals surface area contributed by atoms with E-state index in [-0.39, 0.29) is 12.1 Å². The highest BCUT2D eigenvalue weighted by molar-refractivity contribution is 5.76. The quantitative estimate of drug-likeness (QED) is 0.545. The van der Waals surface area contributed by atoms with Crippen LogP contribution in [0.25, 0.3) is 5.69 Å². The van der Waals surface area contributed by atoms with Crippen LogP contribution >= 0.6 is 0 Å². The van der Waals surface area contributed by atoms with Crippen molar-refractivity contribution in [3.05, 3.63) is 89.2 Å². The molecule has 1 unspecified atom stereocenters. The Morgan fingerprint density at radius 1 is 1.06 bits per heavy atom. The summed E-state index contributed by atoms with van der Waals surface area (Å²) in [6, 6.07) is 20.9. The Morgan fingerprint density at radius 3 is 2.65 bits per heavy atom. The van der Waals surface area contributed by atoms with E-state index in [1.165, 1.54) is 5.56 Å². The molecule has 0 saturated carbocycles. The van der Waals surface area contributed by atoms with Crippen LogP contribution in [0.4, 0.5) is 4.79 Å². The second kappa shape index (κ2) is 9.84. The number of carbonyl (C=O) groups excluding carboxylic acids is 1. The minimum Gasteiger partial charge on any atom is -0.382 e. The smallest absolute Gasteiger partial charge is 0.318 e. The van der Waals surface area contributed by atoms with Crippen LogP contribution in [-0.4, -0.2) is 35.3 Å². The monoisotopic (exact) mass is 417 g/mol. The van der Waals surface area contributed by atoms with Crippen LogP contribution in [0.5, 0.6) is 0 Å². The van der Waals surface area contributed by atoms with E-state index < -0.39 is 0 Å². The van der Waals surface area contributed by atoms with Crippen LogP contribution in [0, 0.1) is 0 Å². The average molecular weight is 418 g/mol. The molecule has 1 atom stereocenters. The molecule has 1 aromatic heterocycles. The van der Waals surface area contributed by atoms with Crippen molar-refractivity contribution in [2.24, 2.45) is 0 Å². The Kier molecular flexibility index (Phi) is 6.73. The highest BCUT2D eigenvalue weighted by atomic mass is 16.5. The summed E-state index contributed by atoms with van der Waals surface area (Å²) in [6.45, 7) is 6.64. The van der Waals surface area contributed by atoms with Crippen LogP contribution in [0.1, 0.15) is 48.7 Å². The number of amides is 2. The van der Waals surface area contributed by atoms with E-state index in [0.29, 0.717) is 26.3 Å². The van der Waals surface area contributed by atoms with Crippen molar-refractivity contribution in [1.29, 1.82) is 0 Å². The van der Waals surface area contributed by atoms with Crippen molar-refractivity contribution in [2.45, 2.75) is 39.3 Å². The summed E-state index contributed by atoms with van der Waals surface area (Å²) in [6.07, 6.45) is 3.89. The molecule has 4 rings (SSSR count). The number of aromatic nitrogens is 1. The van der Waals surface area contributed by atoms with Gasteiger partial charge in [0.2, 0.25) is 0 Å². The molecule has 0 fully saturated rings. The fourth-order valence-corrected chi connectivity index (χ4v) is 4.24. The van der Waals surface area contributed by atoms with E-state index in [2.05, 4.69) is 77.6 Å². The van der Waals surface area contributed by atoms with Gasteiger partial charge in [-0.1, -0.05) is 49.4 Å². The van der Waals surface area contributed by atoms with Crippen LogP contribution in [0.15, 0.2) is 66.9 Å². The fraction of sp³-hybridized carbons (Fsp3) is 0.346. The predicted octanol–water partition coefficient (Wildman–Crippen LogP) is 5.08. The lowest BCUT2D eigenvalue weighted by molar-refractivity contribution is 0.143. The fourth-order valence-electron chi connectivity index (χ4n) is 4.24. The van der Waals surface area contributed by atoms with Crippen LogP contribution in [0.3, 0.4) is 0 Å². The molecule has 0 radical (unpaired) electrons. The number of carbonyl (C=O) groups is 1. The largest absolute Gasteiger partial charge is 0.382 e. The first-order chi connectivity index (χ1) is 15.2. The van der Waals surface area contributed by atoms with Crippen LogP contribution in [0.2, 0.25) is 0 Å². The number of nitrogens with zero attached hydrogens (tertiary/aromatic N) is 2. The lowest BCUT2D eigenvalue weighted by Crippen LogP contribution is -2.42. The van der Waals surface area contributed by atoms with Gasteiger partial charge < -0.3 is 19.5 Å². The lowest BCUT2D eigenvalue weighted by Gasteiger charge is -2.31. The number of hydrogen-bond acceptors (Lipinski definition) is 2. The van der Waals surface area contributed by atoms with Gasteiger partial charge in [0, 0.05) is 31.6 Å². The molecule has 1 aliphatic rings. The average Bonchev–Trinajstić information content (AvgIpc) is 3.23. The normalized spacial score (nSPS) is 15.2. The molecule has 1 aliphatic heterocycles. The molecule has 0 bridgehead atoms. The van der Waals surface area contributed by atoms with Gasteiger partial charge in [-0.15, -0.1) is 0 Å². The molecule has 3 aromatic rings. The van der Waals surface area contributed by atoms with E-state index in [0.717, 1.165) is 35.3 Å². The Labute approximate surface area is 184 Å². The van der Waals surface area contributed by atoms with Crippen LogP contribution in [-0.2, 0) is 17.7 Å². The summed E-state index contributed by atoms with van der Waals surface area (Å²) in [5.74, 6) is 0. The summed E-state index contributed by atoms with van der Waals surface area (Å²) in [5.41, 5.74) is 5.78. The van der Waals surface area contributed by atoms with Gasteiger partial charge in [0.1, 0.15) is 0 Å². The van der Waals surface area contributed by atoms with E-state index in [4.69, 9.17) is 4.74 Å². The number of benzene rings is 2. The summed E-state index contributed by atoms with van der Waals surface area (Å²) in [5, 5.41) is 3.11. The third-order valence-electron chi connectivity index (χ3n) is 5.87. The molecule has 2 heterocycles. The van der Waals surface area contributed by atoms with Gasteiger partial charge in [-0.3, -0.25) is 0 Å². The summed E-state index contributed by atoms with van der Waals surface area (Å²) < 4.78 is 7.63. The van der Waals surface area contributed by atoms with Crippen molar-refractivity contribution >= 4 is 6.03 Å². The number of para-hydroxylation sites is 1. The molecule has 0 aliphatic carbocycles. The molecule has 0 spiro atoms. The molecule has 2 amide bonds. The molecular weight excluding hydrogens is 386 g/mol. The van der Waals surface area contributed by atoms with Crippen LogP contribution < -0.4 is 5.32 Å². The first-order valence-corrected chi connectivity index (χ1v) is 11.2. The standard InChI is InChI=1S/C26H31N3O2/c1-3-20-12-14-21(15-13-20)25-24-11-7-17-28(24)23-10-6-5-9-22(23)19-29(25)26(30)27-16-8-18-31-4-2/h5-7,9-15,17,25H,3-4,8,16,18-19H2,1-2H3,(H,27,30). The highest BCUT2D eigenvalue weighted by Gasteiger charge is 2.32. The minimum absolute atomic E-state index is 0.0504. The minimum atomic E-state index is -0.166. The maximum Gasteiger partial charge on any atom is 0.318 e. The molecule has 1 N–H and O–H groups in total. The SMILES string of the molecule is CCOCCCNC(=O)N1Cc2ccccc2-n2cccc2C1c1ccc(CC)cc1. The highest BCUT2D eigenvalue weighted by Crippen LogP contribution is 2.36. The zero-order valence-corrected chi connectivity index (χ0v) is 18.4. The maximum atomic E-state index is 13.4. The van der Waals surface area contributed by atoms with E-state index in [1.807, 2.05) is 17.9 Å². The van der Waals surface area contributed by atoms with Gasteiger partial charge in [0.25, 0.3) is 0 Å². The first kappa shape index (κ1) is 21.2. The summed E-state index contributed by atoms with van der Waals surface area (Å²) in [4.78, 5) is 15.4. The second-order valence-corrected chi connectivity index (χ2v) is 7.84. The number of ether oxygens (including phenoxy) is 1. The lowest BCUT2D eigenvalue weighted by atomic mass is 10.00. The summed E-state index contributed by atoms with van der Waals surface area (Å²) in [7, 11) is 0. The van der Waals surface area contributed by atoms with Gasteiger partial charge in [-0.05, 0) is 54.7 Å². The predicted molar refractivity (Wildman–Crippen MR) is 123 cm³/mol. The Balaban J connectivity index is 1.70.